The molecule has 0 amide bonds. The highest BCUT2D eigenvalue weighted by molar-refractivity contribution is 14.1. The molecule has 4 heteroatoms. The first-order valence-corrected chi connectivity index (χ1v) is 12.5. The van der Waals surface area contributed by atoms with Crippen LogP contribution >= 0.6 is 22.6 Å². The van der Waals surface area contributed by atoms with E-state index in [0.29, 0.717) is 6.54 Å². The molecule has 3 aromatic rings. The molecule has 0 fully saturated rings. The van der Waals surface area contributed by atoms with Gasteiger partial charge in [0.05, 0.1) is 17.2 Å². The Kier molecular flexibility index (Phi) is 27.1. The Morgan fingerprint density at radius 3 is 1.33 bits per heavy atom. The fourth-order valence-corrected chi connectivity index (χ4v) is 2.60. The van der Waals surface area contributed by atoms with Gasteiger partial charge in [0.2, 0.25) is 0 Å². The quantitative estimate of drug-likeness (QED) is 0.305. The molecule has 0 aliphatic heterocycles. The van der Waals surface area contributed by atoms with Crippen LogP contribution in [0.2, 0.25) is 0 Å². The van der Waals surface area contributed by atoms with Crippen molar-refractivity contribution in [1.82, 2.24) is 0 Å². The molecular formula is C29H40IN3. The molecule has 178 valence electrons. The molecule has 33 heavy (non-hydrogen) atoms. The van der Waals surface area contributed by atoms with Crippen LogP contribution in [0, 0.1) is 40.1 Å². The number of benzene rings is 3. The number of hydrogen-bond donors (Lipinski definition) is 1. The molecule has 0 unspecified atom stereocenters. The molecule has 0 radical (unpaired) electrons. The Hall–Kier alpha value is -2.67. The Bertz CT molecular complexity index is 874. The average molecular weight is 558 g/mol. The summed E-state index contributed by atoms with van der Waals surface area (Å²) >= 11 is 2.14. The zero-order valence-corrected chi connectivity index (χ0v) is 23.6. The van der Waals surface area contributed by atoms with Gasteiger partial charge in [0.25, 0.3) is 0 Å². The summed E-state index contributed by atoms with van der Waals surface area (Å²) in [5.74, 6) is 0. The number of aryl methyl sites for hydroxylation is 2. The Morgan fingerprint density at radius 1 is 0.636 bits per heavy atom. The zero-order chi connectivity index (χ0) is 26.1. The van der Waals surface area contributed by atoms with Crippen molar-refractivity contribution in [2.75, 3.05) is 0 Å². The van der Waals surface area contributed by atoms with Crippen molar-refractivity contribution in [3.8, 4) is 12.1 Å². The molecule has 3 rings (SSSR count). The summed E-state index contributed by atoms with van der Waals surface area (Å²) in [6.07, 6.45) is 0. The monoisotopic (exact) mass is 557 g/mol. The lowest BCUT2D eigenvalue weighted by atomic mass is 10.1. The van der Waals surface area contributed by atoms with Crippen molar-refractivity contribution in [2.24, 2.45) is 5.73 Å². The van der Waals surface area contributed by atoms with Gasteiger partial charge >= 0.3 is 0 Å². The summed E-state index contributed by atoms with van der Waals surface area (Å²) in [6.45, 7) is 16.6. The zero-order valence-electron chi connectivity index (χ0n) is 21.5. The fourth-order valence-electron chi connectivity index (χ4n) is 2.09. The van der Waals surface area contributed by atoms with E-state index >= 15 is 0 Å². The van der Waals surface area contributed by atoms with E-state index in [-0.39, 0.29) is 0 Å². The van der Waals surface area contributed by atoms with Crippen LogP contribution in [0.25, 0.3) is 0 Å². The third-order valence-electron chi connectivity index (χ3n) is 3.74. The second-order valence-electron chi connectivity index (χ2n) is 5.65. The van der Waals surface area contributed by atoms with E-state index in [0.717, 1.165) is 20.3 Å². The van der Waals surface area contributed by atoms with Crippen LogP contribution in [0.5, 0.6) is 0 Å². The van der Waals surface area contributed by atoms with Gasteiger partial charge in [0.15, 0.2) is 0 Å². The Morgan fingerprint density at radius 2 is 1.03 bits per heavy atom. The van der Waals surface area contributed by atoms with Crippen molar-refractivity contribution in [2.45, 2.75) is 61.9 Å². The third kappa shape index (κ3) is 16.6. The maximum atomic E-state index is 8.47. The van der Waals surface area contributed by atoms with E-state index in [9.17, 15) is 0 Å². The molecule has 0 heterocycles. The van der Waals surface area contributed by atoms with Crippen molar-refractivity contribution < 1.29 is 0 Å². The minimum absolute atomic E-state index is 0.646. The average Bonchev–Trinajstić information content (AvgIpc) is 2.89. The minimum atomic E-state index is 0.646. The van der Waals surface area contributed by atoms with Gasteiger partial charge in [0.1, 0.15) is 6.07 Å². The molecular weight excluding hydrogens is 517 g/mol. The summed E-state index contributed by atoms with van der Waals surface area (Å²) in [4.78, 5) is 0. The van der Waals surface area contributed by atoms with E-state index in [2.05, 4.69) is 53.8 Å². The lowest BCUT2D eigenvalue weighted by Crippen LogP contribution is -1.97. The normalized spacial score (nSPS) is 7.76. The highest BCUT2D eigenvalue weighted by atomic mass is 127. The summed E-state index contributed by atoms with van der Waals surface area (Å²) < 4.78 is 1.01. The van der Waals surface area contributed by atoms with E-state index in [1.165, 1.54) is 11.1 Å². The molecule has 0 aliphatic carbocycles. The number of rotatable bonds is 1. The smallest absolute Gasteiger partial charge is 0.100 e. The molecule has 0 bridgehead atoms. The van der Waals surface area contributed by atoms with Crippen LogP contribution in [0.1, 0.15) is 69.4 Å². The van der Waals surface area contributed by atoms with Crippen LogP contribution in [-0.2, 0) is 6.54 Å². The predicted octanol–water partition coefficient (Wildman–Crippen LogP) is 8.56. The van der Waals surface area contributed by atoms with Gasteiger partial charge < -0.3 is 5.73 Å². The van der Waals surface area contributed by atoms with Gasteiger partial charge in [-0.15, -0.1) is 0 Å². The first-order valence-electron chi connectivity index (χ1n) is 11.4. The first-order chi connectivity index (χ1) is 16.0. The van der Waals surface area contributed by atoms with E-state index in [4.69, 9.17) is 16.3 Å². The lowest BCUT2D eigenvalue weighted by Gasteiger charge is -1.98. The summed E-state index contributed by atoms with van der Waals surface area (Å²) in [5, 5.41) is 16.9. The van der Waals surface area contributed by atoms with Gasteiger partial charge in [-0.05, 0) is 71.3 Å². The highest BCUT2D eigenvalue weighted by Crippen LogP contribution is 2.08. The standard InChI is InChI=1S/C8H11N.C8H7N.C7H4IN.3C2H6/c2*1-7-4-2-3-5-8(7)6-9;8-7-4-2-1-3-6(7)5-9;3*1-2/h2-5H,6,9H2,1H3;2-5H,1H3;1-4H;3*1-2H3. The number of hydrogen-bond acceptors (Lipinski definition) is 3. The Labute approximate surface area is 216 Å². The van der Waals surface area contributed by atoms with Crippen LogP contribution in [0.3, 0.4) is 0 Å². The topological polar surface area (TPSA) is 73.6 Å². The van der Waals surface area contributed by atoms with E-state index < -0.39 is 0 Å². The maximum Gasteiger partial charge on any atom is 0.100 e. The van der Waals surface area contributed by atoms with Gasteiger partial charge in [-0.2, -0.15) is 10.5 Å². The summed E-state index contributed by atoms with van der Waals surface area (Å²) in [5.41, 5.74) is 10.5. The van der Waals surface area contributed by atoms with Crippen LogP contribution in [0.15, 0.2) is 72.8 Å². The van der Waals surface area contributed by atoms with Crippen molar-refractivity contribution in [3.05, 3.63) is 104 Å². The second-order valence-corrected chi connectivity index (χ2v) is 6.81. The van der Waals surface area contributed by atoms with Crippen molar-refractivity contribution >= 4 is 22.6 Å². The van der Waals surface area contributed by atoms with Crippen LogP contribution < -0.4 is 5.73 Å². The van der Waals surface area contributed by atoms with Crippen LogP contribution in [0.4, 0.5) is 0 Å². The largest absolute Gasteiger partial charge is 0.326 e. The van der Waals surface area contributed by atoms with E-state index in [1.807, 2.05) is 109 Å². The fraction of sp³-hybridized carbons (Fsp3) is 0.310. The minimum Gasteiger partial charge on any atom is -0.326 e. The van der Waals surface area contributed by atoms with Gasteiger partial charge in [-0.25, -0.2) is 0 Å². The van der Waals surface area contributed by atoms with Crippen LogP contribution in [-0.4, -0.2) is 0 Å². The molecule has 0 spiro atoms. The first kappa shape index (κ1) is 34.9. The Balaban J connectivity index is -0.000000367. The molecule has 0 aromatic heterocycles. The molecule has 0 saturated heterocycles. The molecule has 0 aliphatic rings. The third-order valence-corrected chi connectivity index (χ3v) is 4.68. The number of nitriles is 2. The van der Waals surface area contributed by atoms with E-state index in [1.54, 1.807) is 0 Å². The second kappa shape index (κ2) is 25.6. The van der Waals surface area contributed by atoms with Gasteiger partial charge in [-0.1, -0.05) is 96.1 Å². The molecule has 0 saturated carbocycles. The summed E-state index contributed by atoms with van der Waals surface area (Å²) in [6, 6.07) is 27.4. The highest BCUT2D eigenvalue weighted by Gasteiger charge is 1.92. The number of nitrogens with zero attached hydrogens (tertiary/aromatic N) is 2. The molecule has 3 nitrogen and oxygen atoms in total. The number of nitrogens with two attached hydrogens (primary N) is 1. The van der Waals surface area contributed by atoms with Crippen molar-refractivity contribution in [3.63, 3.8) is 0 Å². The van der Waals surface area contributed by atoms with Gasteiger partial charge in [-0.3, -0.25) is 0 Å². The van der Waals surface area contributed by atoms with Gasteiger partial charge in [0, 0.05) is 10.1 Å². The maximum absolute atomic E-state index is 8.47. The van der Waals surface area contributed by atoms with Crippen molar-refractivity contribution in [1.29, 1.82) is 10.5 Å². The summed E-state index contributed by atoms with van der Waals surface area (Å²) in [7, 11) is 0. The molecule has 3 aromatic carbocycles. The predicted molar refractivity (Wildman–Crippen MR) is 153 cm³/mol. The molecule has 2 N–H and O–H groups in total. The molecule has 0 atom stereocenters. The lowest BCUT2D eigenvalue weighted by molar-refractivity contribution is 1.05. The SMILES string of the molecule is CC.CC.CC.Cc1ccccc1C#N.Cc1ccccc1CN.N#Cc1ccccc1I. The number of halogens is 1.